The molecule has 0 bridgehead atoms. The van der Waals surface area contributed by atoms with E-state index in [2.05, 4.69) is 0 Å². The van der Waals surface area contributed by atoms with Crippen molar-refractivity contribution in [3.05, 3.63) is 58.8 Å². The molecule has 0 fully saturated rings. The average Bonchev–Trinajstić information content (AvgIpc) is 2.84. The van der Waals surface area contributed by atoms with Crippen molar-refractivity contribution in [2.24, 2.45) is 0 Å². The molecule has 0 aliphatic rings. The molecule has 0 atom stereocenters. The molecule has 0 amide bonds. The van der Waals surface area contributed by atoms with Crippen LogP contribution in [0.2, 0.25) is 0 Å². The second kappa shape index (κ2) is 5.36. The number of hydrogen-bond acceptors (Lipinski definition) is 2. The molecule has 0 radical (unpaired) electrons. The van der Waals surface area contributed by atoms with Gasteiger partial charge < -0.3 is 9.13 Å². The Morgan fingerprint density at radius 2 is 1.85 bits per heavy atom. The van der Waals surface area contributed by atoms with E-state index in [0.717, 1.165) is 12.3 Å². The SMILES string of the molecule is O=C(c1ccn(CCn2ccccc2=O)c1)C(F)(F)F. The fourth-order valence-corrected chi connectivity index (χ4v) is 1.75. The number of hydrogen-bond donors (Lipinski definition) is 0. The van der Waals surface area contributed by atoms with Crippen molar-refractivity contribution in [3.8, 4) is 0 Å². The van der Waals surface area contributed by atoms with Gasteiger partial charge in [-0.3, -0.25) is 9.59 Å². The van der Waals surface area contributed by atoms with E-state index >= 15 is 0 Å². The van der Waals surface area contributed by atoms with Crippen LogP contribution in [-0.2, 0) is 13.1 Å². The van der Waals surface area contributed by atoms with Gasteiger partial charge in [0.25, 0.3) is 11.3 Å². The summed E-state index contributed by atoms with van der Waals surface area (Å²) in [6, 6.07) is 5.81. The molecule has 4 nitrogen and oxygen atoms in total. The van der Waals surface area contributed by atoms with Crippen LogP contribution in [0.3, 0.4) is 0 Å². The lowest BCUT2D eigenvalue weighted by molar-refractivity contribution is -0.0885. The van der Waals surface area contributed by atoms with Crippen LogP contribution in [0.5, 0.6) is 0 Å². The Hall–Kier alpha value is -2.31. The van der Waals surface area contributed by atoms with Crippen molar-refractivity contribution in [1.29, 1.82) is 0 Å². The van der Waals surface area contributed by atoms with Crippen LogP contribution in [0, 0.1) is 0 Å². The summed E-state index contributed by atoms with van der Waals surface area (Å²) in [6.45, 7) is 0.614. The van der Waals surface area contributed by atoms with Gasteiger partial charge in [-0.15, -0.1) is 0 Å². The second-order valence-corrected chi connectivity index (χ2v) is 4.20. The molecular weight excluding hydrogens is 273 g/mol. The topological polar surface area (TPSA) is 44.0 Å². The van der Waals surface area contributed by atoms with Crippen molar-refractivity contribution < 1.29 is 18.0 Å². The van der Waals surface area contributed by atoms with Gasteiger partial charge in [-0.25, -0.2) is 0 Å². The predicted octanol–water partition coefficient (Wildman–Crippen LogP) is 2.09. The molecule has 2 aromatic rings. The lowest BCUT2D eigenvalue weighted by Crippen LogP contribution is -2.22. The van der Waals surface area contributed by atoms with Crippen molar-refractivity contribution in [1.82, 2.24) is 9.13 Å². The number of halogens is 3. The molecule has 2 aromatic heterocycles. The van der Waals surface area contributed by atoms with Gasteiger partial charge in [-0.1, -0.05) is 6.07 Å². The molecule has 0 aliphatic heterocycles. The fraction of sp³-hybridized carbons (Fsp3) is 0.231. The number of carbonyl (C=O) groups is 1. The summed E-state index contributed by atoms with van der Waals surface area (Å²) in [5, 5.41) is 0. The highest BCUT2D eigenvalue weighted by molar-refractivity contribution is 6.00. The van der Waals surface area contributed by atoms with Crippen LogP contribution >= 0.6 is 0 Å². The minimum absolute atomic E-state index is 0.189. The molecule has 0 aromatic carbocycles. The maximum absolute atomic E-state index is 12.2. The fourth-order valence-electron chi connectivity index (χ4n) is 1.75. The molecule has 0 saturated carbocycles. The van der Waals surface area contributed by atoms with E-state index in [0.29, 0.717) is 13.1 Å². The summed E-state index contributed by atoms with van der Waals surface area (Å²) in [6.07, 6.45) is -0.771. The summed E-state index contributed by atoms with van der Waals surface area (Å²) in [5.74, 6) is -1.87. The first-order chi connectivity index (χ1) is 9.38. The summed E-state index contributed by atoms with van der Waals surface area (Å²) in [7, 11) is 0. The summed E-state index contributed by atoms with van der Waals surface area (Å²) in [4.78, 5) is 22.5. The first kappa shape index (κ1) is 14.1. The third-order valence-electron chi connectivity index (χ3n) is 2.77. The van der Waals surface area contributed by atoms with Gasteiger partial charge in [0.05, 0.1) is 0 Å². The largest absolute Gasteiger partial charge is 0.454 e. The zero-order valence-corrected chi connectivity index (χ0v) is 10.3. The molecule has 0 N–H and O–H groups in total. The van der Waals surface area contributed by atoms with Gasteiger partial charge in [0.15, 0.2) is 0 Å². The van der Waals surface area contributed by atoms with Crippen LogP contribution in [0.15, 0.2) is 47.7 Å². The third-order valence-corrected chi connectivity index (χ3v) is 2.77. The molecule has 0 spiro atoms. The number of pyridine rings is 1. The van der Waals surface area contributed by atoms with Crippen molar-refractivity contribution >= 4 is 5.78 Å². The molecule has 0 unspecified atom stereocenters. The molecular formula is C13H11F3N2O2. The highest BCUT2D eigenvalue weighted by Gasteiger charge is 2.39. The Bertz CT molecular complexity index is 670. The Labute approximate surface area is 112 Å². The smallest absolute Gasteiger partial charge is 0.352 e. The first-order valence-corrected chi connectivity index (χ1v) is 5.81. The first-order valence-electron chi connectivity index (χ1n) is 5.81. The third kappa shape index (κ3) is 3.17. The van der Waals surface area contributed by atoms with Crippen molar-refractivity contribution in [2.75, 3.05) is 0 Å². The highest BCUT2D eigenvalue weighted by Crippen LogP contribution is 2.21. The molecule has 106 valence electrons. The number of ketones is 1. The lowest BCUT2D eigenvalue weighted by Gasteiger charge is -2.06. The molecule has 7 heteroatoms. The van der Waals surface area contributed by atoms with E-state index in [9.17, 15) is 22.8 Å². The van der Waals surface area contributed by atoms with Crippen molar-refractivity contribution in [3.63, 3.8) is 0 Å². The van der Waals surface area contributed by atoms with Crippen LogP contribution in [-0.4, -0.2) is 21.1 Å². The monoisotopic (exact) mass is 284 g/mol. The molecule has 20 heavy (non-hydrogen) atoms. The van der Waals surface area contributed by atoms with E-state index in [1.54, 1.807) is 18.3 Å². The van der Waals surface area contributed by atoms with Gasteiger partial charge >= 0.3 is 6.18 Å². The van der Waals surface area contributed by atoms with E-state index in [-0.39, 0.29) is 5.56 Å². The van der Waals surface area contributed by atoms with Gasteiger partial charge in [-0.2, -0.15) is 13.2 Å². The minimum atomic E-state index is -4.87. The van der Waals surface area contributed by atoms with E-state index in [1.807, 2.05) is 0 Å². The molecule has 2 rings (SSSR count). The number of carbonyl (C=O) groups excluding carboxylic acids is 1. The molecule has 0 aliphatic carbocycles. The maximum Gasteiger partial charge on any atom is 0.454 e. The zero-order chi connectivity index (χ0) is 14.8. The Kier molecular flexibility index (Phi) is 3.78. The number of alkyl halides is 3. The highest BCUT2D eigenvalue weighted by atomic mass is 19.4. The summed E-state index contributed by atoms with van der Waals surface area (Å²) in [5.41, 5.74) is -0.593. The van der Waals surface area contributed by atoms with Crippen LogP contribution in [0.4, 0.5) is 13.2 Å². The normalized spacial score (nSPS) is 11.6. The number of aromatic nitrogens is 2. The van der Waals surface area contributed by atoms with E-state index < -0.39 is 17.5 Å². The van der Waals surface area contributed by atoms with Gasteiger partial charge in [-0.05, 0) is 12.1 Å². The number of aryl methyl sites for hydroxylation is 2. The van der Waals surface area contributed by atoms with Crippen LogP contribution in [0.1, 0.15) is 10.4 Å². The Balaban J connectivity index is 2.06. The number of Topliss-reactive ketones (excluding diaryl/α,β-unsaturated/α-hetero) is 1. The summed E-state index contributed by atoms with van der Waals surface area (Å²) >= 11 is 0. The molecule has 2 heterocycles. The summed E-state index contributed by atoms with van der Waals surface area (Å²) < 4.78 is 39.6. The van der Waals surface area contributed by atoms with Crippen molar-refractivity contribution in [2.45, 2.75) is 19.3 Å². The van der Waals surface area contributed by atoms with Gasteiger partial charge in [0.1, 0.15) is 0 Å². The predicted molar refractivity (Wildman–Crippen MR) is 65.5 cm³/mol. The Morgan fingerprint density at radius 3 is 2.50 bits per heavy atom. The van der Waals surface area contributed by atoms with Crippen LogP contribution < -0.4 is 5.56 Å². The number of nitrogens with zero attached hydrogens (tertiary/aromatic N) is 2. The van der Waals surface area contributed by atoms with E-state index in [1.165, 1.54) is 21.4 Å². The second-order valence-electron chi connectivity index (χ2n) is 4.20. The number of rotatable bonds is 4. The van der Waals surface area contributed by atoms with E-state index in [4.69, 9.17) is 0 Å². The Morgan fingerprint density at radius 1 is 1.10 bits per heavy atom. The van der Waals surface area contributed by atoms with Gasteiger partial charge in [0.2, 0.25) is 0 Å². The van der Waals surface area contributed by atoms with Crippen LogP contribution in [0.25, 0.3) is 0 Å². The quantitative estimate of drug-likeness (QED) is 0.807. The minimum Gasteiger partial charge on any atom is -0.352 e. The molecule has 0 saturated heterocycles. The standard InChI is InChI=1S/C13H11F3N2O2/c14-13(15,16)12(20)10-4-6-17(9-10)7-8-18-5-2-1-3-11(18)19/h1-6,9H,7-8H2. The lowest BCUT2D eigenvalue weighted by atomic mass is 10.2. The maximum atomic E-state index is 12.2. The zero-order valence-electron chi connectivity index (χ0n) is 10.3. The van der Waals surface area contributed by atoms with Gasteiger partial charge in [0, 0.05) is 43.3 Å². The average molecular weight is 284 g/mol.